The molecule has 0 unspecified atom stereocenters. The number of carboxylic acid groups (broad SMARTS) is 1. The normalized spacial score (nSPS) is 10.4. The largest absolute Gasteiger partial charge is 0.477 e. The minimum absolute atomic E-state index is 0.0724. The van der Waals surface area contributed by atoms with E-state index in [0.29, 0.717) is 22.2 Å². The Labute approximate surface area is 122 Å². The standard InChI is InChI=1S/C15H14ClNO3/c1-8-6-11(4-5-12(8)16)20-13-7-9(2)17-10(3)14(13)15(18)19/h4-7H,1-3H3,(H,18,19). The van der Waals surface area contributed by atoms with E-state index in [9.17, 15) is 9.90 Å². The van der Waals surface area contributed by atoms with Crippen LogP contribution in [0.25, 0.3) is 0 Å². The minimum atomic E-state index is -1.06. The summed E-state index contributed by atoms with van der Waals surface area (Å²) in [6, 6.07) is 6.79. The van der Waals surface area contributed by atoms with Gasteiger partial charge in [-0.05, 0) is 44.5 Å². The molecule has 1 aromatic heterocycles. The molecule has 0 atom stereocenters. The fraction of sp³-hybridized carbons (Fsp3) is 0.200. The van der Waals surface area contributed by atoms with Crippen molar-refractivity contribution in [2.24, 2.45) is 0 Å². The molecule has 2 aromatic rings. The summed E-state index contributed by atoms with van der Waals surface area (Å²) < 4.78 is 5.69. The number of hydrogen-bond acceptors (Lipinski definition) is 3. The Balaban J connectivity index is 2.47. The molecular weight excluding hydrogens is 278 g/mol. The lowest BCUT2D eigenvalue weighted by molar-refractivity contribution is 0.0693. The lowest BCUT2D eigenvalue weighted by Crippen LogP contribution is -2.06. The molecule has 0 radical (unpaired) electrons. The van der Waals surface area contributed by atoms with Crippen molar-refractivity contribution in [1.82, 2.24) is 4.98 Å². The first-order chi connectivity index (χ1) is 9.38. The lowest BCUT2D eigenvalue weighted by atomic mass is 10.1. The van der Waals surface area contributed by atoms with E-state index in [2.05, 4.69) is 4.98 Å². The van der Waals surface area contributed by atoms with Gasteiger partial charge < -0.3 is 9.84 Å². The number of ether oxygens (including phenoxy) is 1. The fourth-order valence-electron chi connectivity index (χ4n) is 1.94. The smallest absolute Gasteiger partial charge is 0.341 e. The quantitative estimate of drug-likeness (QED) is 0.923. The van der Waals surface area contributed by atoms with Crippen LogP contribution in [-0.2, 0) is 0 Å². The van der Waals surface area contributed by atoms with Gasteiger partial charge in [-0.3, -0.25) is 4.98 Å². The van der Waals surface area contributed by atoms with Crippen molar-refractivity contribution in [2.75, 3.05) is 0 Å². The molecule has 1 aromatic carbocycles. The van der Waals surface area contributed by atoms with E-state index in [1.54, 1.807) is 38.1 Å². The monoisotopic (exact) mass is 291 g/mol. The molecule has 1 N–H and O–H groups in total. The molecule has 104 valence electrons. The zero-order valence-corrected chi connectivity index (χ0v) is 12.2. The number of nitrogens with zero attached hydrogens (tertiary/aromatic N) is 1. The van der Waals surface area contributed by atoms with Crippen molar-refractivity contribution in [3.8, 4) is 11.5 Å². The van der Waals surface area contributed by atoms with Gasteiger partial charge in [-0.2, -0.15) is 0 Å². The number of hydrogen-bond donors (Lipinski definition) is 1. The third kappa shape index (κ3) is 2.91. The molecule has 1 heterocycles. The number of aryl methyl sites for hydroxylation is 3. The van der Waals surface area contributed by atoms with Crippen LogP contribution in [0.15, 0.2) is 24.3 Å². The number of pyridine rings is 1. The molecule has 0 saturated heterocycles. The summed E-state index contributed by atoms with van der Waals surface area (Å²) >= 11 is 5.96. The highest BCUT2D eigenvalue weighted by Crippen LogP contribution is 2.30. The van der Waals surface area contributed by atoms with E-state index in [1.807, 2.05) is 6.92 Å². The summed E-state index contributed by atoms with van der Waals surface area (Å²) in [5, 5.41) is 9.91. The van der Waals surface area contributed by atoms with Crippen molar-refractivity contribution in [3.05, 3.63) is 51.8 Å². The highest BCUT2D eigenvalue weighted by molar-refractivity contribution is 6.31. The molecule has 0 saturated carbocycles. The number of rotatable bonds is 3. The Morgan fingerprint density at radius 2 is 1.95 bits per heavy atom. The zero-order valence-electron chi connectivity index (χ0n) is 11.4. The summed E-state index contributed by atoms with van der Waals surface area (Å²) in [5.41, 5.74) is 2.07. The summed E-state index contributed by atoms with van der Waals surface area (Å²) in [7, 11) is 0. The average molecular weight is 292 g/mol. The van der Waals surface area contributed by atoms with Crippen LogP contribution in [0.4, 0.5) is 0 Å². The summed E-state index contributed by atoms with van der Waals surface area (Å²) in [6.45, 7) is 5.30. The molecule has 0 aliphatic rings. The Bertz CT molecular complexity index is 683. The Morgan fingerprint density at radius 1 is 1.25 bits per heavy atom. The van der Waals surface area contributed by atoms with Crippen LogP contribution in [0.1, 0.15) is 27.3 Å². The van der Waals surface area contributed by atoms with Gasteiger partial charge in [0.05, 0.1) is 5.69 Å². The van der Waals surface area contributed by atoms with Crippen LogP contribution < -0.4 is 4.74 Å². The second-order valence-electron chi connectivity index (χ2n) is 4.54. The van der Waals surface area contributed by atoms with Crippen LogP contribution in [-0.4, -0.2) is 16.1 Å². The molecule has 0 aliphatic heterocycles. The number of halogens is 1. The first kappa shape index (κ1) is 14.3. The Kier molecular flexibility index (Phi) is 3.95. The van der Waals surface area contributed by atoms with E-state index in [1.165, 1.54) is 0 Å². The second kappa shape index (κ2) is 5.51. The SMILES string of the molecule is Cc1cc(Oc2ccc(Cl)c(C)c2)c(C(=O)O)c(C)n1. The molecule has 2 rings (SSSR count). The number of aromatic nitrogens is 1. The maximum absolute atomic E-state index is 11.3. The minimum Gasteiger partial charge on any atom is -0.477 e. The zero-order chi connectivity index (χ0) is 14.9. The molecule has 5 heteroatoms. The Hall–Kier alpha value is -2.07. The topological polar surface area (TPSA) is 59.4 Å². The predicted molar refractivity (Wildman–Crippen MR) is 76.9 cm³/mol. The van der Waals surface area contributed by atoms with Crippen molar-refractivity contribution in [3.63, 3.8) is 0 Å². The lowest BCUT2D eigenvalue weighted by Gasteiger charge is -2.12. The molecule has 0 amide bonds. The van der Waals surface area contributed by atoms with Crippen LogP contribution >= 0.6 is 11.6 Å². The van der Waals surface area contributed by atoms with Crippen LogP contribution in [0.5, 0.6) is 11.5 Å². The average Bonchev–Trinajstić information content (AvgIpc) is 2.32. The van der Waals surface area contributed by atoms with E-state index >= 15 is 0 Å². The van der Waals surface area contributed by atoms with Crippen LogP contribution in [0.3, 0.4) is 0 Å². The summed E-state index contributed by atoms with van der Waals surface area (Å²) in [4.78, 5) is 15.5. The van der Waals surface area contributed by atoms with Crippen molar-refractivity contribution < 1.29 is 14.6 Å². The molecule has 0 aliphatic carbocycles. The van der Waals surface area contributed by atoms with Crippen molar-refractivity contribution in [1.29, 1.82) is 0 Å². The maximum Gasteiger partial charge on any atom is 0.341 e. The van der Waals surface area contributed by atoms with E-state index in [4.69, 9.17) is 16.3 Å². The number of benzene rings is 1. The van der Waals surface area contributed by atoms with E-state index in [-0.39, 0.29) is 11.3 Å². The van der Waals surface area contributed by atoms with Gasteiger partial charge in [0.25, 0.3) is 0 Å². The molecule has 20 heavy (non-hydrogen) atoms. The van der Waals surface area contributed by atoms with Gasteiger partial charge in [0, 0.05) is 16.8 Å². The van der Waals surface area contributed by atoms with Crippen molar-refractivity contribution in [2.45, 2.75) is 20.8 Å². The van der Waals surface area contributed by atoms with Crippen LogP contribution in [0, 0.1) is 20.8 Å². The number of carboxylic acids is 1. The molecule has 0 fully saturated rings. The summed E-state index contributed by atoms with van der Waals surface area (Å²) in [6.07, 6.45) is 0. The predicted octanol–water partition coefficient (Wildman–Crippen LogP) is 4.15. The van der Waals surface area contributed by atoms with Crippen molar-refractivity contribution >= 4 is 17.6 Å². The maximum atomic E-state index is 11.3. The van der Waals surface area contributed by atoms with Gasteiger partial charge in [0.1, 0.15) is 17.1 Å². The van der Waals surface area contributed by atoms with Gasteiger partial charge in [0.15, 0.2) is 0 Å². The van der Waals surface area contributed by atoms with E-state index in [0.717, 1.165) is 5.56 Å². The molecule has 4 nitrogen and oxygen atoms in total. The van der Waals surface area contributed by atoms with Gasteiger partial charge >= 0.3 is 5.97 Å². The van der Waals surface area contributed by atoms with Crippen LogP contribution in [0.2, 0.25) is 5.02 Å². The van der Waals surface area contributed by atoms with Gasteiger partial charge in [-0.1, -0.05) is 11.6 Å². The van der Waals surface area contributed by atoms with E-state index < -0.39 is 5.97 Å². The Morgan fingerprint density at radius 3 is 2.55 bits per heavy atom. The first-order valence-corrected chi connectivity index (χ1v) is 6.42. The molecular formula is C15H14ClNO3. The third-order valence-corrected chi connectivity index (χ3v) is 3.29. The molecule has 0 spiro atoms. The second-order valence-corrected chi connectivity index (χ2v) is 4.95. The van der Waals surface area contributed by atoms with Gasteiger partial charge in [-0.25, -0.2) is 4.79 Å². The summed E-state index contributed by atoms with van der Waals surface area (Å²) in [5.74, 6) is -0.237. The third-order valence-electron chi connectivity index (χ3n) is 2.86. The number of aromatic carboxylic acids is 1. The van der Waals surface area contributed by atoms with Gasteiger partial charge in [0.2, 0.25) is 0 Å². The van der Waals surface area contributed by atoms with Gasteiger partial charge in [-0.15, -0.1) is 0 Å². The number of carbonyl (C=O) groups is 1. The highest BCUT2D eigenvalue weighted by Gasteiger charge is 2.17. The fourth-order valence-corrected chi connectivity index (χ4v) is 2.06. The highest BCUT2D eigenvalue weighted by atomic mass is 35.5. The first-order valence-electron chi connectivity index (χ1n) is 6.04. The molecule has 0 bridgehead atoms.